The molecule has 0 rings (SSSR count). The van der Waals surface area contributed by atoms with Crippen LogP contribution < -0.4 is 0 Å². The van der Waals surface area contributed by atoms with E-state index in [9.17, 15) is 4.79 Å². The van der Waals surface area contributed by atoms with E-state index in [2.05, 4.69) is 12.6 Å². The Morgan fingerprint density at radius 3 is 1.82 bits per heavy atom. The van der Waals surface area contributed by atoms with Gasteiger partial charge in [-0.15, -0.1) is 0 Å². The van der Waals surface area contributed by atoms with E-state index >= 15 is 0 Å². The van der Waals surface area contributed by atoms with Gasteiger partial charge in [0.1, 0.15) is 0 Å². The lowest BCUT2D eigenvalue weighted by Crippen LogP contribution is -1.93. The second kappa shape index (κ2) is 12.4. The Bertz CT molecular complexity index is 84.7. The average molecular weight is 182 g/mol. The van der Waals surface area contributed by atoms with Gasteiger partial charge in [-0.1, -0.05) is 0 Å². The van der Waals surface area contributed by atoms with Crippen LogP contribution in [0, 0.1) is 0 Å². The van der Waals surface area contributed by atoms with Crippen molar-refractivity contribution in [2.45, 2.75) is 12.8 Å². The van der Waals surface area contributed by atoms with Gasteiger partial charge in [0.25, 0.3) is 0 Å². The molecule has 3 N–H and O–H groups in total. The second-order valence-electron chi connectivity index (χ2n) is 1.67. The summed E-state index contributed by atoms with van der Waals surface area (Å²) in [5.74, 6) is -0.0826. The van der Waals surface area contributed by atoms with Crippen molar-refractivity contribution in [3.05, 3.63) is 0 Å². The summed E-state index contributed by atoms with van der Waals surface area (Å²) in [5, 5.41) is 23.3. The molecule has 0 fully saturated rings. The largest absolute Gasteiger partial charge is 0.481 e. The molecule has 5 heteroatoms. The third-order valence-corrected chi connectivity index (χ3v) is 0.965. The third kappa shape index (κ3) is 26.0. The van der Waals surface area contributed by atoms with Crippen molar-refractivity contribution < 1.29 is 20.1 Å². The van der Waals surface area contributed by atoms with Crippen molar-refractivity contribution in [1.82, 2.24) is 0 Å². The Morgan fingerprint density at radius 2 is 1.73 bits per heavy atom. The molecular formula is C6H14O4S. The van der Waals surface area contributed by atoms with E-state index in [-0.39, 0.29) is 19.6 Å². The van der Waals surface area contributed by atoms with Crippen LogP contribution in [-0.4, -0.2) is 40.3 Å². The van der Waals surface area contributed by atoms with E-state index in [0.29, 0.717) is 12.2 Å². The van der Waals surface area contributed by atoms with Gasteiger partial charge in [-0.2, -0.15) is 12.6 Å². The lowest BCUT2D eigenvalue weighted by molar-refractivity contribution is -0.137. The number of aliphatic carboxylic acids is 1. The van der Waals surface area contributed by atoms with Crippen molar-refractivity contribution in [3.63, 3.8) is 0 Å². The highest BCUT2D eigenvalue weighted by Crippen LogP contribution is 1.88. The first-order valence-electron chi connectivity index (χ1n) is 3.23. The monoisotopic (exact) mass is 182 g/mol. The minimum atomic E-state index is -0.742. The molecule has 0 spiro atoms. The highest BCUT2D eigenvalue weighted by molar-refractivity contribution is 7.80. The molecule has 11 heavy (non-hydrogen) atoms. The number of hydrogen-bond acceptors (Lipinski definition) is 4. The minimum Gasteiger partial charge on any atom is -0.481 e. The number of carboxylic acid groups (broad SMARTS) is 1. The van der Waals surface area contributed by atoms with Gasteiger partial charge in [0.15, 0.2) is 0 Å². The van der Waals surface area contributed by atoms with Gasteiger partial charge < -0.3 is 15.3 Å². The Balaban J connectivity index is 0. The fourth-order valence-electron chi connectivity index (χ4n) is 0.230. The van der Waals surface area contributed by atoms with Gasteiger partial charge in [0.05, 0.1) is 13.2 Å². The highest BCUT2D eigenvalue weighted by Gasteiger charge is 1.91. The predicted octanol–water partition coefficient (Wildman–Crippen LogP) is -0.248. The predicted molar refractivity (Wildman–Crippen MR) is 44.9 cm³/mol. The molecule has 0 heterocycles. The lowest BCUT2D eigenvalue weighted by Gasteiger charge is -1.85. The topological polar surface area (TPSA) is 77.8 Å². The first kappa shape index (κ1) is 13.3. The molecule has 0 saturated heterocycles. The molecule has 0 saturated carbocycles. The number of aliphatic hydroxyl groups is 2. The molecule has 0 radical (unpaired) electrons. The Kier molecular flexibility index (Phi) is 15.1. The number of rotatable bonds is 4. The highest BCUT2D eigenvalue weighted by atomic mass is 32.1. The maximum Gasteiger partial charge on any atom is 0.303 e. The molecule has 0 aliphatic rings. The van der Waals surface area contributed by atoms with Crippen LogP contribution in [0.2, 0.25) is 0 Å². The van der Waals surface area contributed by atoms with Crippen LogP contribution in [0.4, 0.5) is 0 Å². The maximum atomic E-state index is 9.72. The standard InChI is InChI=1S/C4H8O2S.C2H6O2/c5-4(6)2-1-3-7;3-1-2-4/h7H,1-3H2,(H,5,6);3-4H,1-2H2. The molecule has 0 aromatic carbocycles. The SMILES string of the molecule is O=C(O)CCCS.OCCO. The zero-order valence-corrected chi connectivity index (χ0v) is 7.13. The summed E-state index contributed by atoms with van der Waals surface area (Å²) in [4.78, 5) is 9.72. The minimum absolute atomic E-state index is 0.125. The van der Waals surface area contributed by atoms with Crippen molar-refractivity contribution in [2.24, 2.45) is 0 Å². The van der Waals surface area contributed by atoms with Crippen LogP contribution in [0.5, 0.6) is 0 Å². The van der Waals surface area contributed by atoms with Crippen LogP contribution in [-0.2, 0) is 4.79 Å². The van der Waals surface area contributed by atoms with Crippen LogP contribution in [0.25, 0.3) is 0 Å². The maximum absolute atomic E-state index is 9.72. The third-order valence-electron chi connectivity index (χ3n) is 0.649. The Hall–Kier alpha value is -0.260. The van der Waals surface area contributed by atoms with Gasteiger partial charge in [-0.05, 0) is 12.2 Å². The summed E-state index contributed by atoms with van der Waals surface area (Å²) >= 11 is 3.83. The molecule has 0 aliphatic heterocycles. The molecule has 0 aromatic rings. The zero-order chi connectivity index (χ0) is 9.11. The number of carbonyl (C=O) groups is 1. The molecule has 4 nitrogen and oxygen atoms in total. The molecule has 68 valence electrons. The van der Waals surface area contributed by atoms with Gasteiger partial charge >= 0.3 is 5.97 Å². The van der Waals surface area contributed by atoms with Crippen molar-refractivity contribution in [2.75, 3.05) is 19.0 Å². The summed E-state index contributed by atoms with van der Waals surface area (Å²) in [5.41, 5.74) is 0. The number of carboxylic acids is 1. The first-order chi connectivity index (χ1) is 5.18. The molecule has 0 bridgehead atoms. The smallest absolute Gasteiger partial charge is 0.303 e. The Morgan fingerprint density at radius 1 is 1.27 bits per heavy atom. The van der Waals surface area contributed by atoms with E-state index in [1.54, 1.807) is 0 Å². The van der Waals surface area contributed by atoms with Crippen LogP contribution in [0.3, 0.4) is 0 Å². The van der Waals surface area contributed by atoms with Gasteiger partial charge in [0, 0.05) is 6.42 Å². The second-order valence-corrected chi connectivity index (χ2v) is 2.12. The molecule has 0 unspecified atom stereocenters. The Labute approximate surface area is 71.3 Å². The van der Waals surface area contributed by atoms with E-state index < -0.39 is 5.97 Å². The van der Waals surface area contributed by atoms with E-state index in [4.69, 9.17) is 15.3 Å². The number of hydrogen-bond donors (Lipinski definition) is 4. The molecular weight excluding hydrogens is 168 g/mol. The number of aliphatic hydroxyl groups excluding tert-OH is 2. The van der Waals surface area contributed by atoms with Crippen molar-refractivity contribution in [1.29, 1.82) is 0 Å². The van der Waals surface area contributed by atoms with Crippen LogP contribution >= 0.6 is 12.6 Å². The molecule has 0 aromatic heterocycles. The van der Waals surface area contributed by atoms with Crippen LogP contribution in [0.15, 0.2) is 0 Å². The molecule has 0 aliphatic carbocycles. The van der Waals surface area contributed by atoms with Gasteiger partial charge in [-0.25, -0.2) is 0 Å². The fraction of sp³-hybridized carbons (Fsp3) is 0.833. The molecule has 0 atom stereocenters. The first-order valence-corrected chi connectivity index (χ1v) is 3.86. The van der Waals surface area contributed by atoms with Crippen molar-refractivity contribution in [3.8, 4) is 0 Å². The van der Waals surface area contributed by atoms with Crippen molar-refractivity contribution >= 4 is 18.6 Å². The van der Waals surface area contributed by atoms with Crippen LogP contribution in [0.1, 0.15) is 12.8 Å². The van der Waals surface area contributed by atoms with E-state index in [1.165, 1.54) is 0 Å². The quantitative estimate of drug-likeness (QED) is 0.452. The summed E-state index contributed by atoms with van der Waals surface area (Å²) < 4.78 is 0. The lowest BCUT2D eigenvalue weighted by atomic mass is 10.3. The van der Waals surface area contributed by atoms with Gasteiger partial charge in [-0.3, -0.25) is 4.79 Å². The summed E-state index contributed by atoms with van der Waals surface area (Å²) in [6.45, 7) is -0.250. The number of thiol groups is 1. The van der Waals surface area contributed by atoms with E-state index in [1.807, 2.05) is 0 Å². The van der Waals surface area contributed by atoms with Gasteiger partial charge in [0.2, 0.25) is 0 Å². The summed E-state index contributed by atoms with van der Waals surface area (Å²) in [6, 6.07) is 0. The zero-order valence-electron chi connectivity index (χ0n) is 6.23. The average Bonchev–Trinajstić information content (AvgIpc) is 2.01. The van der Waals surface area contributed by atoms with E-state index in [0.717, 1.165) is 0 Å². The fourth-order valence-corrected chi connectivity index (χ4v) is 0.388. The summed E-state index contributed by atoms with van der Waals surface area (Å²) in [6.07, 6.45) is 0.905. The summed E-state index contributed by atoms with van der Waals surface area (Å²) in [7, 11) is 0. The normalized spacial score (nSPS) is 8.27. The molecule has 0 amide bonds.